The van der Waals surface area contributed by atoms with E-state index in [1.807, 2.05) is 31.2 Å². The highest BCUT2D eigenvalue weighted by atomic mass is 35.5. The molecule has 3 N–H and O–H groups in total. The number of phenolic OH excluding ortho intramolecular Hbond substituents is 1. The average molecular weight is 375 g/mol. The van der Waals surface area contributed by atoms with Crippen LogP contribution in [0.15, 0.2) is 48.5 Å². The van der Waals surface area contributed by atoms with E-state index < -0.39 is 6.03 Å². The van der Waals surface area contributed by atoms with Crippen LogP contribution in [0.25, 0.3) is 10.8 Å². The molecule has 0 saturated carbocycles. The zero-order chi connectivity index (χ0) is 18.0. The Balaban J connectivity index is 1.81. The molecule has 0 bridgehead atoms. The number of urea groups is 1. The molecular formula is C19H16Cl2N2O2. The van der Waals surface area contributed by atoms with Gasteiger partial charge in [-0.05, 0) is 36.8 Å². The zero-order valence-corrected chi connectivity index (χ0v) is 14.9. The number of benzene rings is 3. The molecule has 2 amide bonds. The fourth-order valence-corrected chi connectivity index (χ4v) is 3.10. The Morgan fingerprint density at radius 1 is 1.00 bits per heavy atom. The van der Waals surface area contributed by atoms with Crippen molar-refractivity contribution in [3.05, 3.63) is 69.7 Å². The van der Waals surface area contributed by atoms with Crippen LogP contribution in [0.3, 0.4) is 0 Å². The topological polar surface area (TPSA) is 61.4 Å². The smallest absolute Gasteiger partial charge is 0.319 e. The van der Waals surface area contributed by atoms with Gasteiger partial charge < -0.3 is 15.7 Å². The van der Waals surface area contributed by atoms with Crippen molar-refractivity contribution in [3.8, 4) is 5.75 Å². The van der Waals surface area contributed by atoms with Gasteiger partial charge in [0.15, 0.2) is 0 Å². The van der Waals surface area contributed by atoms with Crippen molar-refractivity contribution in [1.82, 2.24) is 5.32 Å². The van der Waals surface area contributed by atoms with Crippen LogP contribution in [-0.4, -0.2) is 11.1 Å². The van der Waals surface area contributed by atoms with Crippen molar-refractivity contribution in [1.29, 1.82) is 0 Å². The molecular weight excluding hydrogens is 359 g/mol. The maximum Gasteiger partial charge on any atom is 0.319 e. The number of phenols is 1. The molecule has 128 valence electrons. The molecule has 0 fully saturated rings. The summed E-state index contributed by atoms with van der Waals surface area (Å²) in [6.07, 6.45) is 0. The van der Waals surface area contributed by atoms with Crippen molar-refractivity contribution < 1.29 is 9.90 Å². The highest BCUT2D eigenvalue weighted by Crippen LogP contribution is 2.37. The van der Waals surface area contributed by atoms with E-state index >= 15 is 0 Å². The summed E-state index contributed by atoms with van der Waals surface area (Å²) in [5.41, 5.74) is 2.55. The largest absolute Gasteiger partial charge is 0.508 e. The van der Waals surface area contributed by atoms with Crippen molar-refractivity contribution in [3.63, 3.8) is 0 Å². The van der Waals surface area contributed by atoms with Crippen LogP contribution in [0.5, 0.6) is 5.75 Å². The Morgan fingerprint density at radius 3 is 2.44 bits per heavy atom. The fraction of sp³-hybridized carbons (Fsp3) is 0.105. The minimum Gasteiger partial charge on any atom is -0.508 e. The van der Waals surface area contributed by atoms with Crippen LogP contribution in [0.2, 0.25) is 10.0 Å². The molecule has 0 heterocycles. The lowest BCUT2D eigenvalue weighted by atomic mass is 10.1. The van der Waals surface area contributed by atoms with Crippen LogP contribution in [-0.2, 0) is 6.54 Å². The second-order valence-electron chi connectivity index (χ2n) is 5.74. The number of hydrogen-bond donors (Lipinski definition) is 3. The third-order valence-corrected chi connectivity index (χ3v) is 4.45. The van der Waals surface area contributed by atoms with E-state index in [2.05, 4.69) is 10.6 Å². The van der Waals surface area contributed by atoms with Crippen molar-refractivity contribution >= 4 is 45.7 Å². The first kappa shape index (κ1) is 17.4. The van der Waals surface area contributed by atoms with E-state index in [1.54, 1.807) is 12.1 Å². The minimum absolute atomic E-state index is 0.0638. The first-order valence-corrected chi connectivity index (χ1v) is 8.41. The number of carbonyl (C=O) groups is 1. The predicted molar refractivity (Wildman–Crippen MR) is 103 cm³/mol. The summed E-state index contributed by atoms with van der Waals surface area (Å²) in [6.45, 7) is 2.40. The van der Waals surface area contributed by atoms with Crippen LogP contribution >= 0.6 is 23.2 Å². The molecule has 0 aliphatic carbocycles. The van der Waals surface area contributed by atoms with Gasteiger partial charge in [-0.2, -0.15) is 0 Å². The van der Waals surface area contributed by atoms with Gasteiger partial charge in [0.05, 0.1) is 15.7 Å². The van der Waals surface area contributed by atoms with Crippen molar-refractivity contribution in [2.75, 3.05) is 5.32 Å². The molecule has 3 rings (SSSR count). The standard InChI is InChI=1S/C19H16Cl2N2O2/c1-11-2-4-12(5-3-11)10-22-19(25)23-18-15-8-13(24)6-7-14(15)16(20)9-17(18)21/h2-9,24H,10H2,1H3,(H2,22,23,25). The third-order valence-electron chi connectivity index (χ3n) is 3.83. The molecule has 0 atom stereocenters. The van der Waals surface area contributed by atoms with Crippen LogP contribution < -0.4 is 10.6 Å². The van der Waals surface area contributed by atoms with Gasteiger partial charge in [-0.15, -0.1) is 0 Å². The van der Waals surface area contributed by atoms with Gasteiger partial charge in [-0.25, -0.2) is 4.79 Å². The number of rotatable bonds is 3. The van der Waals surface area contributed by atoms with Gasteiger partial charge >= 0.3 is 6.03 Å². The number of carbonyl (C=O) groups excluding carboxylic acids is 1. The van der Waals surface area contributed by atoms with Crippen LogP contribution in [0, 0.1) is 6.92 Å². The molecule has 0 aromatic heterocycles. The van der Waals surface area contributed by atoms with E-state index in [0.717, 1.165) is 11.1 Å². The SMILES string of the molecule is Cc1ccc(CNC(=O)Nc2c(Cl)cc(Cl)c3ccc(O)cc23)cc1. The summed E-state index contributed by atoms with van der Waals surface area (Å²) >= 11 is 12.4. The number of aromatic hydroxyl groups is 1. The first-order valence-electron chi connectivity index (χ1n) is 7.65. The number of hydrogen-bond acceptors (Lipinski definition) is 2. The average Bonchev–Trinajstić information content (AvgIpc) is 2.58. The summed E-state index contributed by atoms with van der Waals surface area (Å²) in [5.74, 6) is 0.0638. The molecule has 0 saturated heterocycles. The normalized spacial score (nSPS) is 10.7. The van der Waals surface area contributed by atoms with E-state index in [9.17, 15) is 9.90 Å². The maximum absolute atomic E-state index is 12.2. The molecule has 25 heavy (non-hydrogen) atoms. The molecule has 6 heteroatoms. The molecule has 3 aromatic rings. The fourth-order valence-electron chi connectivity index (χ4n) is 2.51. The van der Waals surface area contributed by atoms with E-state index in [1.165, 1.54) is 12.1 Å². The number of halogens is 2. The zero-order valence-electron chi connectivity index (χ0n) is 13.4. The predicted octanol–water partition coefficient (Wildman–Crippen LogP) is 5.48. The van der Waals surface area contributed by atoms with Crippen LogP contribution in [0.1, 0.15) is 11.1 Å². The Hall–Kier alpha value is -2.43. The lowest BCUT2D eigenvalue weighted by Crippen LogP contribution is -2.28. The van der Waals surface area contributed by atoms with Gasteiger partial charge in [-0.1, -0.05) is 53.0 Å². The molecule has 0 aliphatic rings. The number of anilines is 1. The van der Waals surface area contributed by atoms with Gasteiger partial charge in [-0.3, -0.25) is 0 Å². The lowest BCUT2D eigenvalue weighted by Gasteiger charge is -2.13. The maximum atomic E-state index is 12.2. The quantitative estimate of drug-likeness (QED) is 0.568. The van der Waals surface area contributed by atoms with E-state index in [0.29, 0.717) is 33.0 Å². The third kappa shape index (κ3) is 3.98. The summed E-state index contributed by atoms with van der Waals surface area (Å²) in [7, 11) is 0. The minimum atomic E-state index is -0.394. The highest BCUT2D eigenvalue weighted by molar-refractivity contribution is 6.41. The molecule has 4 nitrogen and oxygen atoms in total. The van der Waals surface area contributed by atoms with Gasteiger partial charge in [0.25, 0.3) is 0 Å². The number of amides is 2. The Bertz CT molecular complexity index is 940. The summed E-state index contributed by atoms with van der Waals surface area (Å²) in [4.78, 5) is 12.2. The molecule has 3 aromatic carbocycles. The van der Waals surface area contributed by atoms with Crippen LogP contribution in [0.4, 0.5) is 10.5 Å². The highest BCUT2D eigenvalue weighted by Gasteiger charge is 2.13. The molecule has 0 spiro atoms. The van der Waals surface area contributed by atoms with Crippen molar-refractivity contribution in [2.45, 2.75) is 13.5 Å². The monoisotopic (exact) mass is 374 g/mol. The molecule has 0 radical (unpaired) electrons. The number of nitrogens with one attached hydrogen (secondary N) is 2. The summed E-state index contributed by atoms with van der Waals surface area (Å²) in [6, 6.07) is 13.8. The lowest BCUT2D eigenvalue weighted by molar-refractivity contribution is 0.252. The molecule has 0 unspecified atom stereocenters. The summed E-state index contributed by atoms with van der Waals surface area (Å²) < 4.78 is 0. The molecule has 0 aliphatic heterocycles. The van der Waals surface area contributed by atoms with Gasteiger partial charge in [0.2, 0.25) is 0 Å². The summed E-state index contributed by atoms with van der Waals surface area (Å²) in [5, 5.41) is 17.3. The second kappa shape index (κ2) is 7.21. The van der Waals surface area contributed by atoms with Crippen molar-refractivity contribution in [2.24, 2.45) is 0 Å². The van der Waals surface area contributed by atoms with Gasteiger partial charge in [0.1, 0.15) is 5.75 Å². The Labute approximate surface area is 155 Å². The Kier molecular flexibility index (Phi) is 5.02. The van der Waals surface area contributed by atoms with Gasteiger partial charge in [0, 0.05) is 17.3 Å². The first-order chi connectivity index (χ1) is 11.9. The van der Waals surface area contributed by atoms with E-state index in [-0.39, 0.29) is 5.75 Å². The number of aryl methyl sites for hydroxylation is 1. The second-order valence-corrected chi connectivity index (χ2v) is 6.55. The Morgan fingerprint density at radius 2 is 1.72 bits per heavy atom. The van der Waals surface area contributed by atoms with E-state index in [4.69, 9.17) is 23.2 Å². The number of fused-ring (bicyclic) bond motifs is 1.